The third-order valence-corrected chi connectivity index (χ3v) is 3.07. The third kappa shape index (κ3) is 1.83. The van der Waals surface area contributed by atoms with Crippen LogP contribution in [0.5, 0.6) is 0 Å². The second kappa shape index (κ2) is 4.44. The van der Waals surface area contributed by atoms with Crippen molar-refractivity contribution in [3.8, 4) is 11.4 Å². The smallest absolute Gasteiger partial charge is 0.336 e. The van der Waals surface area contributed by atoms with Gasteiger partial charge in [-0.3, -0.25) is 4.68 Å². The van der Waals surface area contributed by atoms with Gasteiger partial charge in [-0.1, -0.05) is 5.16 Å². The van der Waals surface area contributed by atoms with Crippen LogP contribution < -0.4 is 0 Å². The molecule has 0 unspecified atom stereocenters. The quantitative estimate of drug-likeness (QED) is 0.784. The van der Waals surface area contributed by atoms with Gasteiger partial charge in [0.15, 0.2) is 0 Å². The van der Waals surface area contributed by atoms with Crippen molar-refractivity contribution in [1.82, 2.24) is 19.9 Å². The van der Waals surface area contributed by atoms with E-state index in [4.69, 9.17) is 4.52 Å². The van der Waals surface area contributed by atoms with Crippen molar-refractivity contribution >= 4 is 17.1 Å². The summed E-state index contributed by atoms with van der Waals surface area (Å²) in [6, 6.07) is 3.28. The van der Waals surface area contributed by atoms with E-state index in [0.29, 0.717) is 22.5 Å². The average Bonchev–Trinajstić information content (AvgIpc) is 3.05. The maximum absolute atomic E-state index is 11.4. The van der Waals surface area contributed by atoms with Crippen molar-refractivity contribution in [3.63, 3.8) is 0 Å². The second-order valence-corrected chi connectivity index (χ2v) is 4.37. The summed E-state index contributed by atoms with van der Waals surface area (Å²) < 4.78 is 6.82. The highest BCUT2D eigenvalue weighted by molar-refractivity contribution is 6.03. The van der Waals surface area contributed by atoms with Crippen molar-refractivity contribution in [2.24, 2.45) is 0 Å². The lowest BCUT2D eigenvalue weighted by atomic mass is 10.1. The van der Waals surface area contributed by atoms with E-state index in [1.807, 2.05) is 13.1 Å². The van der Waals surface area contributed by atoms with E-state index in [1.165, 1.54) is 6.07 Å². The van der Waals surface area contributed by atoms with Gasteiger partial charge in [0.1, 0.15) is 5.69 Å². The highest BCUT2D eigenvalue weighted by Crippen LogP contribution is 2.26. The number of fused-ring (bicyclic) bond motifs is 1. The van der Waals surface area contributed by atoms with Crippen LogP contribution in [0.3, 0.4) is 0 Å². The first kappa shape index (κ1) is 12.3. The Kier molecular flexibility index (Phi) is 2.74. The number of pyridine rings is 1. The number of aromatic carboxylic acids is 1. The molecule has 3 heterocycles. The minimum atomic E-state index is -1.04. The average molecular weight is 272 g/mol. The lowest BCUT2D eigenvalue weighted by molar-refractivity contribution is 0.0699. The molecule has 7 heteroatoms. The van der Waals surface area contributed by atoms with Gasteiger partial charge in [-0.05, 0) is 26.0 Å². The highest BCUT2D eigenvalue weighted by atomic mass is 16.5. The van der Waals surface area contributed by atoms with Gasteiger partial charge in [0.25, 0.3) is 5.71 Å². The molecule has 0 radical (unpaired) electrons. The fourth-order valence-electron chi connectivity index (χ4n) is 2.07. The first-order valence-corrected chi connectivity index (χ1v) is 6.14. The van der Waals surface area contributed by atoms with Crippen LogP contribution in [0.4, 0.5) is 0 Å². The monoisotopic (exact) mass is 272 g/mol. The number of aryl methyl sites for hydroxylation is 2. The van der Waals surface area contributed by atoms with E-state index in [0.717, 1.165) is 6.54 Å². The van der Waals surface area contributed by atoms with Gasteiger partial charge in [0.05, 0.1) is 22.3 Å². The van der Waals surface area contributed by atoms with Gasteiger partial charge in [-0.2, -0.15) is 5.10 Å². The Labute approximate surface area is 113 Å². The van der Waals surface area contributed by atoms with Gasteiger partial charge < -0.3 is 9.63 Å². The van der Waals surface area contributed by atoms with Crippen molar-refractivity contribution in [2.75, 3.05) is 0 Å². The zero-order valence-electron chi connectivity index (χ0n) is 11.0. The van der Waals surface area contributed by atoms with Crippen LogP contribution in [0.1, 0.15) is 23.0 Å². The highest BCUT2D eigenvalue weighted by Gasteiger charge is 2.19. The number of aromatic nitrogens is 4. The van der Waals surface area contributed by atoms with Crippen LogP contribution in [-0.2, 0) is 6.54 Å². The number of hydrogen-bond acceptors (Lipinski definition) is 5. The van der Waals surface area contributed by atoms with Crippen molar-refractivity contribution in [3.05, 3.63) is 29.6 Å². The Morgan fingerprint density at radius 1 is 1.45 bits per heavy atom. The molecule has 0 aliphatic carbocycles. The van der Waals surface area contributed by atoms with E-state index in [-0.39, 0.29) is 11.3 Å². The Morgan fingerprint density at radius 3 is 2.90 bits per heavy atom. The first-order valence-electron chi connectivity index (χ1n) is 6.14. The summed E-state index contributed by atoms with van der Waals surface area (Å²) in [5.41, 5.74) is 1.90. The van der Waals surface area contributed by atoms with E-state index in [2.05, 4.69) is 15.2 Å². The number of carbonyl (C=O) groups is 1. The van der Waals surface area contributed by atoms with Gasteiger partial charge >= 0.3 is 5.97 Å². The van der Waals surface area contributed by atoms with Crippen LogP contribution >= 0.6 is 0 Å². The number of carboxylic acids is 1. The van der Waals surface area contributed by atoms with Gasteiger partial charge in [-0.15, -0.1) is 0 Å². The molecule has 0 aliphatic heterocycles. The molecular formula is C13H12N4O3. The molecule has 0 saturated carbocycles. The molecule has 0 spiro atoms. The van der Waals surface area contributed by atoms with E-state index in [1.54, 1.807) is 17.7 Å². The van der Waals surface area contributed by atoms with Gasteiger partial charge in [0.2, 0.25) is 0 Å². The maximum atomic E-state index is 11.4. The minimum Gasteiger partial charge on any atom is -0.478 e. The summed E-state index contributed by atoms with van der Waals surface area (Å²) in [5.74, 6) is -1.04. The largest absolute Gasteiger partial charge is 0.478 e. The molecule has 0 aliphatic rings. The van der Waals surface area contributed by atoms with Crippen LogP contribution in [0.2, 0.25) is 0 Å². The van der Waals surface area contributed by atoms with E-state index >= 15 is 0 Å². The van der Waals surface area contributed by atoms with Crippen LogP contribution in [0.15, 0.2) is 22.9 Å². The SMILES string of the molecule is CCn1ccc(-c2cc(C(=O)O)c3c(C)noc3n2)n1. The Bertz CT molecular complexity index is 803. The van der Waals surface area contributed by atoms with Crippen molar-refractivity contribution in [1.29, 1.82) is 0 Å². The summed E-state index contributed by atoms with van der Waals surface area (Å²) in [6.45, 7) is 4.39. The Morgan fingerprint density at radius 2 is 2.25 bits per heavy atom. The molecule has 3 rings (SSSR count). The predicted molar refractivity (Wildman–Crippen MR) is 70.4 cm³/mol. The number of hydrogen-bond donors (Lipinski definition) is 1. The van der Waals surface area contributed by atoms with E-state index < -0.39 is 5.97 Å². The van der Waals surface area contributed by atoms with Crippen molar-refractivity contribution in [2.45, 2.75) is 20.4 Å². The van der Waals surface area contributed by atoms with Crippen LogP contribution in [0.25, 0.3) is 22.5 Å². The number of nitrogens with zero attached hydrogens (tertiary/aromatic N) is 4. The summed E-state index contributed by atoms with van der Waals surface area (Å²) in [6.07, 6.45) is 1.81. The predicted octanol–water partition coefficient (Wildman–Crippen LogP) is 2.11. The van der Waals surface area contributed by atoms with E-state index in [9.17, 15) is 9.90 Å². The lowest BCUT2D eigenvalue weighted by Crippen LogP contribution is -2.00. The first-order chi connectivity index (χ1) is 9.60. The van der Waals surface area contributed by atoms with Crippen molar-refractivity contribution < 1.29 is 14.4 Å². The zero-order valence-corrected chi connectivity index (χ0v) is 11.0. The molecule has 0 fully saturated rings. The topological polar surface area (TPSA) is 94.0 Å². The lowest BCUT2D eigenvalue weighted by Gasteiger charge is -2.01. The zero-order chi connectivity index (χ0) is 14.3. The molecule has 20 heavy (non-hydrogen) atoms. The fourth-order valence-corrected chi connectivity index (χ4v) is 2.07. The Balaban J connectivity index is 2.24. The molecule has 0 amide bonds. The number of rotatable bonds is 3. The molecule has 3 aromatic rings. The molecule has 0 atom stereocenters. The summed E-state index contributed by atoms with van der Waals surface area (Å²) in [4.78, 5) is 15.7. The maximum Gasteiger partial charge on any atom is 0.336 e. The van der Waals surface area contributed by atoms with Crippen LogP contribution in [-0.4, -0.2) is 31.0 Å². The summed E-state index contributed by atoms with van der Waals surface area (Å²) in [5, 5.41) is 17.8. The molecule has 1 N–H and O–H groups in total. The molecular weight excluding hydrogens is 260 g/mol. The number of carboxylic acid groups (broad SMARTS) is 1. The molecule has 7 nitrogen and oxygen atoms in total. The van der Waals surface area contributed by atoms with Gasteiger partial charge in [-0.25, -0.2) is 9.78 Å². The Hall–Kier alpha value is -2.70. The van der Waals surface area contributed by atoms with Crippen LogP contribution in [0, 0.1) is 6.92 Å². The summed E-state index contributed by atoms with van der Waals surface area (Å²) >= 11 is 0. The molecule has 3 aromatic heterocycles. The minimum absolute atomic E-state index is 0.120. The molecule has 0 saturated heterocycles. The standard InChI is InChI=1S/C13H12N4O3/c1-3-17-5-4-9(15-17)10-6-8(13(18)19)11-7(2)16-20-12(11)14-10/h4-6H,3H2,1-2H3,(H,18,19). The fraction of sp³-hybridized carbons (Fsp3) is 0.231. The van der Waals surface area contributed by atoms with Gasteiger partial charge in [0, 0.05) is 12.7 Å². The molecule has 0 bridgehead atoms. The molecule has 102 valence electrons. The molecule has 0 aromatic carbocycles. The normalized spacial score (nSPS) is 11.1. The summed E-state index contributed by atoms with van der Waals surface area (Å²) in [7, 11) is 0. The third-order valence-electron chi connectivity index (χ3n) is 3.07. The second-order valence-electron chi connectivity index (χ2n) is 4.37.